The Morgan fingerprint density at radius 3 is 2.33 bits per heavy atom. The molecule has 0 spiro atoms. The van der Waals surface area contributed by atoms with Crippen LogP contribution in [-0.4, -0.2) is 13.2 Å². The topological polar surface area (TPSA) is 9.23 Å². The molecule has 0 aromatic carbocycles. The molecule has 1 aliphatic rings. The lowest BCUT2D eigenvalue weighted by Crippen LogP contribution is -2.30. The summed E-state index contributed by atoms with van der Waals surface area (Å²) in [7, 11) is 1.84. The minimum Gasteiger partial charge on any atom is -0.381 e. The zero-order valence-electron chi connectivity index (χ0n) is 8.89. The maximum atomic E-state index is 5.42. The number of rotatable bonds is 1. The second-order valence-corrected chi connectivity index (χ2v) is 5.09. The number of methoxy groups -OCH3 is 1. The zero-order chi connectivity index (χ0) is 9.19. The first kappa shape index (κ1) is 10.0. The summed E-state index contributed by atoms with van der Waals surface area (Å²) < 4.78 is 5.42. The molecule has 0 amide bonds. The van der Waals surface area contributed by atoms with Gasteiger partial charge in [0.25, 0.3) is 0 Å². The highest BCUT2D eigenvalue weighted by Crippen LogP contribution is 2.38. The third kappa shape index (κ3) is 2.48. The van der Waals surface area contributed by atoms with E-state index in [0.717, 1.165) is 5.92 Å². The van der Waals surface area contributed by atoms with Crippen molar-refractivity contribution in [2.45, 2.75) is 52.6 Å². The normalized spacial score (nSPS) is 32.0. The Bertz CT molecular complexity index is 134. The third-order valence-electron chi connectivity index (χ3n) is 3.18. The van der Waals surface area contributed by atoms with Crippen molar-refractivity contribution in [1.82, 2.24) is 0 Å². The number of hydrogen-bond donors (Lipinski definition) is 0. The first-order valence-electron chi connectivity index (χ1n) is 5.07. The highest BCUT2D eigenvalue weighted by atomic mass is 16.5. The summed E-state index contributed by atoms with van der Waals surface area (Å²) in [5.41, 5.74) is 0.469. The smallest absolute Gasteiger partial charge is 0.0574 e. The summed E-state index contributed by atoms with van der Waals surface area (Å²) in [4.78, 5) is 0. The molecule has 1 fully saturated rings. The van der Waals surface area contributed by atoms with E-state index in [4.69, 9.17) is 4.74 Å². The summed E-state index contributed by atoms with van der Waals surface area (Å²) in [6.07, 6.45) is 5.80. The monoisotopic (exact) mass is 170 g/mol. The zero-order valence-corrected chi connectivity index (χ0v) is 8.89. The second kappa shape index (κ2) is 3.78. The molecule has 1 saturated carbocycles. The van der Waals surface area contributed by atoms with Gasteiger partial charge in [0.15, 0.2) is 0 Å². The van der Waals surface area contributed by atoms with Gasteiger partial charge in [0.2, 0.25) is 0 Å². The van der Waals surface area contributed by atoms with Crippen LogP contribution in [0.25, 0.3) is 0 Å². The van der Waals surface area contributed by atoms with E-state index in [9.17, 15) is 0 Å². The summed E-state index contributed by atoms with van der Waals surface area (Å²) in [6.45, 7) is 7.03. The fourth-order valence-corrected chi connectivity index (χ4v) is 2.15. The van der Waals surface area contributed by atoms with Crippen molar-refractivity contribution >= 4 is 0 Å². The fourth-order valence-electron chi connectivity index (χ4n) is 2.15. The van der Waals surface area contributed by atoms with E-state index in [0.29, 0.717) is 11.5 Å². The maximum absolute atomic E-state index is 5.42. The van der Waals surface area contributed by atoms with Gasteiger partial charge in [-0.2, -0.15) is 0 Å². The highest BCUT2D eigenvalue weighted by Gasteiger charge is 2.30. The first-order valence-corrected chi connectivity index (χ1v) is 5.07. The lowest BCUT2D eigenvalue weighted by molar-refractivity contribution is 0.0232. The van der Waals surface area contributed by atoms with Crippen LogP contribution in [0.4, 0.5) is 0 Å². The van der Waals surface area contributed by atoms with Gasteiger partial charge >= 0.3 is 0 Å². The summed E-state index contributed by atoms with van der Waals surface area (Å²) in [5, 5.41) is 0. The molecule has 1 heteroatoms. The van der Waals surface area contributed by atoms with Gasteiger partial charge in [-0.05, 0) is 30.6 Å². The SMILES string of the molecule is COC1CCC[C@@H](C(C)(C)C)C1. The van der Waals surface area contributed by atoms with E-state index >= 15 is 0 Å². The molecule has 0 radical (unpaired) electrons. The van der Waals surface area contributed by atoms with E-state index in [2.05, 4.69) is 20.8 Å². The number of hydrogen-bond acceptors (Lipinski definition) is 1. The molecule has 12 heavy (non-hydrogen) atoms. The Morgan fingerprint density at radius 1 is 1.17 bits per heavy atom. The fraction of sp³-hybridized carbons (Fsp3) is 1.00. The average molecular weight is 170 g/mol. The van der Waals surface area contributed by atoms with E-state index < -0.39 is 0 Å². The van der Waals surface area contributed by atoms with E-state index in [1.165, 1.54) is 25.7 Å². The van der Waals surface area contributed by atoms with Gasteiger partial charge < -0.3 is 4.74 Å². The Labute approximate surface area is 76.5 Å². The Morgan fingerprint density at radius 2 is 1.83 bits per heavy atom. The van der Waals surface area contributed by atoms with Crippen LogP contribution >= 0.6 is 0 Å². The molecule has 1 unspecified atom stereocenters. The highest BCUT2D eigenvalue weighted by molar-refractivity contribution is 4.81. The summed E-state index contributed by atoms with van der Waals surface area (Å²) >= 11 is 0. The lowest BCUT2D eigenvalue weighted by Gasteiger charge is -2.37. The van der Waals surface area contributed by atoms with Crippen LogP contribution in [0.5, 0.6) is 0 Å². The number of ether oxygens (including phenoxy) is 1. The van der Waals surface area contributed by atoms with Crippen LogP contribution in [0.3, 0.4) is 0 Å². The van der Waals surface area contributed by atoms with Gasteiger partial charge in [0.1, 0.15) is 0 Å². The van der Waals surface area contributed by atoms with E-state index in [1.54, 1.807) is 0 Å². The molecule has 0 bridgehead atoms. The van der Waals surface area contributed by atoms with Gasteiger partial charge in [0.05, 0.1) is 6.10 Å². The largest absolute Gasteiger partial charge is 0.381 e. The second-order valence-electron chi connectivity index (χ2n) is 5.09. The van der Waals surface area contributed by atoms with Gasteiger partial charge in [0, 0.05) is 7.11 Å². The quantitative estimate of drug-likeness (QED) is 0.587. The minimum absolute atomic E-state index is 0.469. The molecule has 1 nitrogen and oxygen atoms in total. The van der Waals surface area contributed by atoms with Crippen LogP contribution in [0, 0.1) is 11.3 Å². The van der Waals surface area contributed by atoms with Crippen LogP contribution in [-0.2, 0) is 4.74 Å². The predicted molar refractivity (Wildman–Crippen MR) is 52.2 cm³/mol. The van der Waals surface area contributed by atoms with Crippen molar-refractivity contribution in [2.75, 3.05) is 7.11 Å². The standard InChI is InChI=1S/C11H22O/c1-11(2,3)9-6-5-7-10(8-9)12-4/h9-10H,5-8H2,1-4H3/t9-,10?/m1/s1. The first-order chi connectivity index (χ1) is 5.54. The minimum atomic E-state index is 0.469. The van der Waals surface area contributed by atoms with Crippen molar-refractivity contribution in [2.24, 2.45) is 11.3 Å². The summed E-state index contributed by atoms with van der Waals surface area (Å²) in [5.74, 6) is 0.858. The molecule has 0 saturated heterocycles. The van der Waals surface area contributed by atoms with Crippen LogP contribution in [0.1, 0.15) is 46.5 Å². The average Bonchev–Trinajstić information content (AvgIpc) is 2.03. The molecule has 0 aliphatic heterocycles. The Kier molecular flexibility index (Phi) is 3.16. The Hall–Kier alpha value is -0.0400. The predicted octanol–water partition coefficient (Wildman–Crippen LogP) is 3.24. The van der Waals surface area contributed by atoms with Gasteiger partial charge in [-0.1, -0.05) is 27.2 Å². The molecule has 0 aromatic rings. The van der Waals surface area contributed by atoms with Gasteiger partial charge in [-0.15, -0.1) is 0 Å². The maximum Gasteiger partial charge on any atom is 0.0574 e. The molecule has 1 rings (SSSR count). The molecule has 0 aromatic heterocycles. The Balaban J connectivity index is 2.46. The van der Waals surface area contributed by atoms with Crippen molar-refractivity contribution in [3.05, 3.63) is 0 Å². The van der Waals surface area contributed by atoms with Crippen molar-refractivity contribution < 1.29 is 4.74 Å². The van der Waals surface area contributed by atoms with Crippen molar-refractivity contribution in [3.63, 3.8) is 0 Å². The molecule has 72 valence electrons. The molecule has 0 N–H and O–H groups in total. The molecular weight excluding hydrogens is 148 g/mol. The summed E-state index contributed by atoms with van der Waals surface area (Å²) in [6, 6.07) is 0. The van der Waals surface area contributed by atoms with Gasteiger partial charge in [-0.25, -0.2) is 0 Å². The van der Waals surface area contributed by atoms with E-state index in [1.807, 2.05) is 7.11 Å². The third-order valence-corrected chi connectivity index (χ3v) is 3.18. The van der Waals surface area contributed by atoms with Crippen LogP contribution in [0.2, 0.25) is 0 Å². The molecule has 2 atom stereocenters. The van der Waals surface area contributed by atoms with Crippen LogP contribution in [0.15, 0.2) is 0 Å². The van der Waals surface area contributed by atoms with Crippen LogP contribution < -0.4 is 0 Å². The molecule has 0 heterocycles. The van der Waals surface area contributed by atoms with Crippen molar-refractivity contribution in [3.8, 4) is 0 Å². The van der Waals surface area contributed by atoms with Gasteiger partial charge in [-0.3, -0.25) is 0 Å². The van der Waals surface area contributed by atoms with E-state index in [-0.39, 0.29) is 0 Å². The van der Waals surface area contributed by atoms with Crippen molar-refractivity contribution in [1.29, 1.82) is 0 Å². The molecular formula is C11H22O. The molecule has 1 aliphatic carbocycles. The lowest BCUT2D eigenvalue weighted by atomic mass is 9.71.